The molecule has 1 fully saturated rings. The van der Waals surface area contributed by atoms with Crippen molar-refractivity contribution in [3.05, 3.63) is 28.8 Å². The molecule has 0 radical (unpaired) electrons. The number of halogens is 1. The van der Waals surface area contributed by atoms with Gasteiger partial charge in [-0.2, -0.15) is 0 Å². The van der Waals surface area contributed by atoms with Crippen molar-refractivity contribution in [3.8, 4) is 5.75 Å². The average Bonchev–Trinajstić information content (AvgIpc) is 2.52. The largest absolute Gasteiger partial charge is 0.497 e. The molecule has 0 atom stereocenters. The summed E-state index contributed by atoms with van der Waals surface area (Å²) in [6, 6.07) is 4.91. The molecule has 0 spiro atoms. The maximum absolute atomic E-state index is 12.6. The number of carbonyl (C=O) groups excluding carboxylic acids is 2. The fourth-order valence-electron chi connectivity index (χ4n) is 2.48. The van der Waals surface area contributed by atoms with Gasteiger partial charge in [0.2, 0.25) is 0 Å². The van der Waals surface area contributed by atoms with Gasteiger partial charge in [-0.05, 0) is 39.0 Å². The molecular formula is C17H24ClN3O3. The highest BCUT2D eigenvalue weighted by atomic mass is 35.5. The zero-order valence-electron chi connectivity index (χ0n) is 14.6. The third-order valence-electron chi connectivity index (χ3n) is 3.74. The Morgan fingerprint density at radius 1 is 1.12 bits per heavy atom. The van der Waals surface area contributed by atoms with Gasteiger partial charge < -0.3 is 19.9 Å². The molecule has 1 N–H and O–H groups in total. The van der Waals surface area contributed by atoms with Crippen molar-refractivity contribution in [1.82, 2.24) is 15.1 Å². The van der Waals surface area contributed by atoms with Crippen LogP contribution in [0, 0.1) is 0 Å². The molecule has 1 aliphatic heterocycles. The van der Waals surface area contributed by atoms with Gasteiger partial charge in [0.15, 0.2) is 0 Å². The zero-order valence-corrected chi connectivity index (χ0v) is 15.3. The van der Waals surface area contributed by atoms with Gasteiger partial charge in [0.05, 0.1) is 17.7 Å². The molecule has 0 saturated carbocycles. The van der Waals surface area contributed by atoms with E-state index in [0.29, 0.717) is 42.5 Å². The molecule has 0 bridgehead atoms. The summed E-state index contributed by atoms with van der Waals surface area (Å²) < 4.78 is 5.09. The third-order valence-corrected chi connectivity index (χ3v) is 4.06. The van der Waals surface area contributed by atoms with E-state index in [9.17, 15) is 9.59 Å². The Morgan fingerprint density at radius 2 is 1.71 bits per heavy atom. The number of benzene rings is 1. The summed E-state index contributed by atoms with van der Waals surface area (Å²) in [5, 5.41) is 3.30. The highest BCUT2D eigenvalue weighted by Gasteiger charge is 2.27. The van der Waals surface area contributed by atoms with Gasteiger partial charge in [-0.25, -0.2) is 4.79 Å². The van der Waals surface area contributed by atoms with Crippen LogP contribution in [0.1, 0.15) is 31.1 Å². The first-order valence-corrected chi connectivity index (χ1v) is 8.29. The van der Waals surface area contributed by atoms with Crippen molar-refractivity contribution in [2.75, 3.05) is 33.3 Å². The van der Waals surface area contributed by atoms with Crippen LogP contribution in [0.25, 0.3) is 0 Å². The highest BCUT2D eigenvalue weighted by Crippen LogP contribution is 2.24. The average molecular weight is 354 g/mol. The van der Waals surface area contributed by atoms with Gasteiger partial charge in [-0.1, -0.05) is 11.6 Å². The van der Waals surface area contributed by atoms with E-state index in [2.05, 4.69) is 5.32 Å². The normalized spacial score (nSPS) is 15.2. The number of rotatable bonds is 2. The van der Waals surface area contributed by atoms with E-state index in [0.717, 1.165) is 0 Å². The topological polar surface area (TPSA) is 61.9 Å². The van der Waals surface area contributed by atoms with E-state index in [4.69, 9.17) is 16.3 Å². The van der Waals surface area contributed by atoms with E-state index in [-0.39, 0.29) is 17.5 Å². The summed E-state index contributed by atoms with van der Waals surface area (Å²) in [7, 11) is 1.55. The van der Waals surface area contributed by atoms with Crippen LogP contribution >= 0.6 is 11.6 Å². The van der Waals surface area contributed by atoms with Gasteiger partial charge in [-0.15, -0.1) is 0 Å². The standard InChI is InChI=1S/C17H24ClN3O3/c1-17(2,3)19-16(23)21-9-7-20(8-10-21)15(22)13-6-5-12(24-4)11-14(13)18/h5-6,11H,7-10H2,1-4H3,(H,19,23). The van der Waals surface area contributed by atoms with Crippen molar-refractivity contribution in [2.24, 2.45) is 0 Å². The molecule has 6 nitrogen and oxygen atoms in total. The summed E-state index contributed by atoms with van der Waals surface area (Å²) in [4.78, 5) is 28.2. The van der Waals surface area contributed by atoms with E-state index in [1.165, 1.54) is 0 Å². The van der Waals surface area contributed by atoms with Gasteiger partial charge >= 0.3 is 6.03 Å². The predicted octanol–water partition coefficient (Wildman–Crippen LogP) is 2.61. The molecule has 24 heavy (non-hydrogen) atoms. The second-order valence-electron chi connectivity index (χ2n) is 6.81. The quantitative estimate of drug-likeness (QED) is 0.889. The smallest absolute Gasteiger partial charge is 0.317 e. The van der Waals surface area contributed by atoms with E-state index in [1.54, 1.807) is 35.1 Å². The summed E-state index contributed by atoms with van der Waals surface area (Å²) in [5.74, 6) is 0.485. The summed E-state index contributed by atoms with van der Waals surface area (Å²) >= 11 is 6.17. The van der Waals surface area contributed by atoms with Crippen molar-refractivity contribution < 1.29 is 14.3 Å². The van der Waals surface area contributed by atoms with Crippen LogP contribution < -0.4 is 10.1 Å². The lowest BCUT2D eigenvalue weighted by atomic mass is 10.1. The van der Waals surface area contributed by atoms with Gasteiger partial charge in [0.25, 0.3) is 5.91 Å². The molecule has 1 aromatic rings. The Hall–Kier alpha value is -1.95. The molecule has 7 heteroatoms. The molecule has 1 aromatic carbocycles. The minimum absolute atomic E-state index is 0.0999. The number of nitrogens with one attached hydrogen (secondary N) is 1. The fourth-order valence-corrected chi connectivity index (χ4v) is 2.73. The number of ether oxygens (including phenoxy) is 1. The molecule has 1 aliphatic rings. The lowest BCUT2D eigenvalue weighted by Gasteiger charge is -2.36. The summed E-state index contributed by atoms with van der Waals surface area (Å²) in [5.41, 5.74) is 0.172. The third kappa shape index (κ3) is 4.54. The van der Waals surface area contributed by atoms with E-state index >= 15 is 0 Å². The number of hydrogen-bond donors (Lipinski definition) is 1. The lowest BCUT2D eigenvalue weighted by molar-refractivity contribution is 0.0661. The number of hydrogen-bond acceptors (Lipinski definition) is 3. The molecular weight excluding hydrogens is 330 g/mol. The van der Waals surface area contributed by atoms with Crippen LogP contribution in [-0.2, 0) is 0 Å². The fraction of sp³-hybridized carbons (Fsp3) is 0.529. The van der Waals surface area contributed by atoms with Crippen LogP contribution in [0.3, 0.4) is 0 Å². The van der Waals surface area contributed by atoms with Crippen LogP contribution in [-0.4, -0.2) is 60.6 Å². The number of piperazine rings is 1. The first kappa shape index (κ1) is 18.4. The van der Waals surface area contributed by atoms with Crippen LogP contribution in [0.4, 0.5) is 4.79 Å². The monoisotopic (exact) mass is 353 g/mol. The Bertz CT molecular complexity index is 620. The van der Waals surface area contributed by atoms with E-state index < -0.39 is 0 Å². The number of methoxy groups -OCH3 is 1. The maximum atomic E-state index is 12.6. The first-order chi connectivity index (χ1) is 11.2. The minimum atomic E-state index is -0.277. The zero-order chi connectivity index (χ0) is 17.9. The molecule has 132 valence electrons. The van der Waals surface area contributed by atoms with Gasteiger partial charge in [-0.3, -0.25) is 4.79 Å². The lowest BCUT2D eigenvalue weighted by Crippen LogP contribution is -2.56. The Morgan fingerprint density at radius 3 is 2.21 bits per heavy atom. The number of amides is 3. The number of carbonyl (C=O) groups is 2. The molecule has 0 aliphatic carbocycles. The Kier molecular flexibility index (Phi) is 5.59. The summed E-state index contributed by atoms with van der Waals surface area (Å²) in [6.45, 7) is 7.80. The first-order valence-electron chi connectivity index (χ1n) is 7.91. The number of urea groups is 1. The van der Waals surface area contributed by atoms with Crippen molar-refractivity contribution in [1.29, 1.82) is 0 Å². The SMILES string of the molecule is COc1ccc(C(=O)N2CCN(C(=O)NC(C)(C)C)CC2)c(Cl)c1. The highest BCUT2D eigenvalue weighted by molar-refractivity contribution is 6.34. The van der Waals surface area contributed by atoms with Gasteiger partial charge in [0.1, 0.15) is 5.75 Å². The maximum Gasteiger partial charge on any atom is 0.317 e. The molecule has 1 heterocycles. The van der Waals surface area contributed by atoms with Crippen LogP contribution in [0.5, 0.6) is 5.75 Å². The molecule has 2 rings (SSSR count). The molecule has 0 aromatic heterocycles. The molecule has 0 unspecified atom stereocenters. The Balaban J connectivity index is 1.97. The van der Waals surface area contributed by atoms with Crippen molar-refractivity contribution >= 4 is 23.5 Å². The second-order valence-corrected chi connectivity index (χ2v) is 7.21. The summed E-state index contributed by atoms with van der Waals surface area (Å²) in [6.07, 6.45) is 0. The van der Waals surface area contributed by atoms with Crippen LogP contribution in [0.2, 0.25) is 5.02 Å². The number of nitrogens with zero attached hydrogens (tertiary/aromatic N) is 2. The molecule has 1 saturated heterocycles. The second kappa shape index (κ2) is 7.30. The van der Waals surface area contributed by atoms with Crippen molar-refractivity contribution in [2.45, 2.75) is 26.3 Å². The van der Waals surface area contributed by atoms with Gasteiger partial charge in [0, 0.05) is 31.7 Å². The predicted molar refractivity (Wildman–Crippen MR) is 93.8 cm³/mol. The minimum Gasteiger partial charge on any atom is -0.497 e. The van der Waals surface area contributed by atoms with Crippen molar-refractivity contribution in [3.63, 3.8) is 0 Å². The van der Waals surface area contributed by atoms with Crippen LogP contribution in [0.15, 0.2) is 18.2 Å². The van der Waals surface area contributed by atoms with E-state index in [1.807, 2.05) is 20.8 Å². The molecule has 3 amide bonds. The Labute approximate surface area is 147 Å².